The molecule has 140 valence electrons. The van der Waals surface area contributed by atoms with Gasteiger partial charge in [-0.2, -0.15) is 5.10 Å². The molecule has 0 spiro atoms. The van der Waals surface area contributed by atoms with Crippen LogP contribution >= 0.6 is 0 Å². The molecule has 1 saturated heterocycles. The lowest BCUT2D eigenvalue weighted by Gasteiger charge is -2.25. The van der Waals surface area contributed by atoms with E-state index in [0.29, 0.717) is 6.54 Å². The summed E-state index contributed by atoms with van der Waals surface area (Å²) in [5.41, 5.74) is 3.24. The topological polar surface area (TPSA) is 76.2 Å². The first-order valence-electron chi connectivity index (χ1n) is 9.45. The number of carbonyl (C=O) groups is 1. The molecule has 1 aliphatic heterocycles. The van der Waals surface area contributed by atoms with E-state index in [2.05, 4.69) is 33.2 Å². The fraction of sp³-hybridized carbons (Fsp3) is 0.632. The molecule has 2 fully saturated rings. The van der Waals surface area contributed by atoms with Gasteiger partial charge in [0.05, 0.1) is 11.7 Å². The van der Waals surface area contributed by atoms with Crippen LogP contribution in [-0.4, -0.2) is 39.0 Å². The van der Waals surface area contributed by atoms with Gasteiger partial charge in [-0.15, -0.1) is 0 Å². The Kier molecular flexibility index (Phi) is 4.25. The normalized spacial score (nSPS) is 21.2. The first-order chi connectivity index (χ1) is 12.5. The summed E-state index contributed by atoms with van der Waals surface area (Å²) < 4.78 is 7.27. The van der Waals surface area contributed by atoms with E-state index in [9.17, 15) is 4.79 Å². The summed E-state index contributed by atoms with van der Waals surface area (Å²) in [4.78, 5) is 14.7. The highest BCUT2D eigenvalue weighted by atomic mass is 16.5. The van der Waals surface area contributed by atoms with Crippen molar-refractivity contribution in [2.75, 3.05) is 13.1 Å². The molecule has 1 aliphatic carbocycles. The van der Waals surface area contributed by atoms with Crippen LogP contribution in [-0.2, 0) is 6.54 Å². The van der Waals surface area contributed by atoms with Gasteiger partial charge in [-0.3, -0.25) is 4.68 Å². The summed E-state index contributed by atoms with van der Waals surface area (Å²) in [6.07, 6.45) is 4.21. The molecule has 2 aromatic heterocycles. The number of hydrogen-bond acceptors (Lipinski definition) is 4. The number of urea groups is 1. The summed E-state index contributed by atoms with van der Waals surface area (Å²) >= 11 is 0. The Morgan fingerprint density at radius 1 is 1.35 bits per heavy atom. The molecule has 0 unspecified atom stereocenters. The Hall–Kier alpha value is -2.31. The molecular weight excluding hydrogens is 330 g/mol. The van der Waals surface area contributed by atoms with Gasteiger partial charge in [-0.05, 0) is 52.5 Å². The third kappa shape index (κ3) is 3.34. The summed E-state index contributed by atoms with van der Waals surface area (Å²) in [5, 5.41) is 11.8. The Bertz CT molecular complexity index is 805. The molecule has 3 heterocycles. The van der Waals surface area contributed by atoms with Crippen molar-refractivity contribution >= 4 is 6.03 Å². The van der Waals surface area contributed by atoms with Gasteiger partial charge in [0.1, 0.15) is 11.5 Å². The van der Waals surface area contributed by atoms with E-state index in [-0.39, 0.29) is 17.5 Å². The molecule has 2 aromatic rings. The van der Waals surface area contributed by atoms with E-state index < -0.39 is 0 Å². The average molecular weight is 357 g/mol. The number of likely N-dealkylation sites (tertiary alicyclic amines) is 1. The summed E-state index contributed by atoms with van der Waals surface area (Å²) in [6, 6.07) is 4.07. The number of rotatable bonds is 5. The fourth-order valence-corrected chi connectivity index (χ4v) is 3.94. The minimum absolute atomic E-state index is 0.00722. The average Bonchev–Trinajstić information content (AvgIpc) is 2.92. The highest BCUT2D eigenvalue weighted by Gasteiger charge is 2.44. The Morgan fingerprint density at radius 2 is 2.15 bits per heavy atom. The first kappa shape index (κ1) is 17.1. The molecular formula is C19H27N5O2. The summed E-state index contributed by atoms with van der Waals surface area (Å²) in [6.45, 7) is 8.33. The van der Waals surface area contributed by atoms with E-state index >= 15 is 0 Å². The molecule has 1 atom stereocenters. The van der Waals surface area contributed by atoms with Crippen LogP contribution in [0.5, 0.6) is 0 Å². The molecule has 1 N–H and O–H groups in total. The molecule has 0 aromatic carbocycles. The van der Waals surface area contributed by atoms with Crippen molar-refractivity contribution in [3.05, 3.63) is 35.0 Å². The van der Waals surface area contributed by atoms with Crippen molar-refractivity contribution in [1.82, 2.24) is 25.2 Å². The van der Waals surface area contributed by atoms with Gasteiger partial charge in [-0.1, -0.05) is 5.16 Å². The lowest BCUT2D eigenvalue weighted by Crippen LogP contribution is -2.42. The molecule has 0 bridgehead atoms. The first-order valence-corrected chi connectivity index (χ1v) is 9.45. The number of aryl methyl sites for hydroxylation is 3. The highest BCUT2D eigenvalue weighted by Crippen LogP contribution is 2.46. The van der Waals surface area contributed by atoms with E-state index in [0.717, 1.165) is 55.9 Å². The summed E-state index contributed by atoms with van der Waals surface area (Å²) in [7, 11) is 0. The lowest BCUT2D eigenvalue weighted by molar-refractivity contribution is 0.187. The van der Waals surface area contributed by atoms with Gasteiger partial charge in [-0.25, -0.2) is 4.79 Å². The smallest absolute Gasteiger partial charge is 0.317 e. The van der Waals surface area contributed by atoms with E-state index in [1.54, 1.807) is 0 Å². The highest BCUT2D eigenvalue weighted by molar-refractivity contribution is 5.75. The molecule has 0 radical (unpaired) electrons. The van der Waals surface area contributed by atoms with E-state index in [4.69, 9.17) is 4.52 Å². The van der Waals surface area contributed by atoms with Gasteiger partial charge in [0.2, 0.25) is 0 Å². The number of aromatic nitrogens is 3. The van der Waals surface area contributed by atoms with Gasteiger partial charge >= 0.3 is 6.03 Å². The van der Waals surface area contributed by atoms with E-state index in [1.807, 2.05) is 24.8 Å². The second-order valence-corrected chi connectivity index (χ2v) is 7.96. The van der Waals surface area contributed by atoms with Crippen LogP contribution in [0.25, 0.3) is 0 Å². The van der Waals surface area contributed by atoms with Crippen LogP contribution in [0, 0.1) is 26.2 Å². The molecule has 1 saturated carbocycles. The molecule has 2 aliphatic rings. The van der Waals surface area contributed by atoms with Crippen molar-refractivity contribution in [3.8, 4) is 0 Å². The third-order valence-corrected chi connectivity index (χ3v) is 5.66. The predicted octanol–water partition coefficient (Wildman–Crippen LogP) is 3.12. The van der Waals surface area contributed by atoms with Crippen molar-refractivity contribution in [2.45, 2.75) is 59.0 Å². The van der Waals surface area contributed by atoms with Crippen LogP contribution in [0.3, 0.4) is 0 Å². The Labute approximate surface area is 153 Å². The third-order valence-electron chi connectivity index (χ3n) is 5.66. The maximum atomic E-state index is 12.8. The van der Waals surface area contributed by atoms with Crippen molar-refractivity contribution in [1.29, 1.82) is 0 Å². The molecule has 7 nitrogen and oxygen atoms in total. The zero-order valence-corrected chi connectivity index (χ0v) is 15.8. The minimum atomic E-state index is 0.00722. The molecule has 2 amide bonds. The van der Waals surface area contributed by atoms with Crippen molar-refractivity contribution in [3.63, 3.8) is 0 Å². The molecule has 26 heavy (non-hydrogen) atoms. The zero-order chi connectivity index (χ0) is 18.3. The van der Waals surface area contributed by atoms with Crippen molar-refractivity contribution < 1.29 is 9.32 Å². The van der Waals surface area contributed by atoms with Gasteiger partial charge < -0.3 is 14.7 Å². The predicted molar refractivity (Wildman–Crippen MR) is 96.7 cm³/mol. The van der Waals surface area contributed by atoms with Gasteiger partial charge in [0, 0.05) is 36.8 Å². The Balaban J connectivity index is 1.37. The summed E-state index contributed by atoms with van der Waals surface area (Å²) in [5.74, 6) is 0.786. The largest absolute Gasteiger partial charge is 0.361 e. The van der Waals surface area contributed by atoms with Crippen LogP contribution < -0.4 is 5.32 Å². The second-order valence-electron chi connectivity index (χ2n) is 7.96. The lowest BCUT2D eigenvalue weighted by atomic mass is 10.1. The maximum Gasteiger partial charge on any atom is 0.317 e. The quantitative estimate of drug-likeness (QED) is 0.892. The van der Waals surface area contributed by atoms with Crippen molar-refractivity contribution in [2.24, 2.45) is 5.41 Å². The number of nitrogens with one attached hydrogen (secondary N) is 1. The zero-order valence-electron chi connectivity index (χ0n) is 15.8. The SMILES string of the molecule is Cc1cc(C)n(CC2(CNC(=O)N3CCC[C@H]3c3cc(C)on3)CC2)n1. The van der Waals surface area contributed by atoms with Crippen LogP contribution in [0.15, 0.2) is 16.7 Å². The van der Waals surface area contributed by atoms with Crippen LogP contribution in [0.2, 0.25) is 0 Å². The fourth-order valence-electron chi connectivity index (χ4n) is 3.94. The standard InChI is InChI=1S/C19H27N5O2/c1-13-9-14(2)24(21-13)12-19(6-7-19)11-20-18(25)23-8-4-5-17(23)16-10-15(3)26-22-16/h9-10,17H,4-8,11-12H2,1-3H3,(H,20,25)/t17-/m0/s1. The van der Waals surface area contributed by atoms with E-state index in [1.165, 1.54) is 5.69 Å². The number of amides is 2. The molecule has 4 rings (SSSR count). The monoisotopic (exact) mass is 357 g/mol. The number of hydrogen-bond donors (Lipinski definition) is 1. The minimum Gasteiger partial charge on any atom is -0.361 e. The second kappa shape index (κ2) is 6.45. The van der Waals surface area contributed by atoms with Gasteiger partial charge in [0.25, 0.3) is 0 Å². The van der Waals surface area contributed by atoms with Crippen LogP contribution in [0.4, 0.5) is 4.79 Å². The number of carbonyl (C=O) groups excluding carboxylic acids is 1. The maximum absolute atomic E-state index is 12.8. The Morgan fingerprint density at radius 3 is 2.77 bits per heavy atom. The van der Waals surface area contributed by atoms with Gasteiger partial charge in [0.15, 0.2) is 0 Å². The molecule has 7 heteroatoms. The number of nitrogens with zero attached hydrogens (tertiary/aromatic N) is 4. The van der Waals surface area contributed by atoms with Crippen LogP contribution in [0.1, 0.15) is 54.6 Å².